The molecule has 0 saturated heterocycles. The molecule has 5 heteroatoms. The molecule has 0 spiro atoms. The third-order valence-corrected chi connectivity index (χ3v) is 3.02. The molecule has 2 aromatic carbocycles. The van der Waals surface area contributed by atoms with Gasteiger partial charge >= 0.3 is 0 Å². The summed E-state index contributed by atoms with van der Waals surface area (Å²) >= 11 is 5.78. The van der Waals surface area contributed by atoms with Gasteiger partial charge in [0.2, 0.25) is 0 Å². The Hall–Kier alpha value is -2.20. The number of fused-ring (bicyclic) bond motifs is 1. The molecule has 94 valence electrons. The molecule has 0 fully saturated rings. The van der Waals surface area contributed by atoms with Crippen LogP contribution >= 0.6 is 11.6 Å². The monoisotopic (exact) mass is 274 g/mol. The number of halogens is 2. The van der Waals surface area contributed by atoms with Crippen molar-refractivity contribution in [3.8, 4) is 0 Å². The molecule has 0 atom stereocenters. The third-order valence-electron chi connectivity index (χ3n) is 2.77. The zero-order valence-electron chi connectivity index (χ0n) is 9.65. The fraction of sp³-hybridized carbons (Fsp3) is 0. The van der Waals surface area contributed by atoms with Crippen LogP contribution in [0.2, 0.25) is 5.02 Å². The van der Waals surface area contributed by atoms with Crippen LogP contribution in [0.25, 0.3) is 0 Å². The molecule has 1 heterocycles. The van der Waals surface area contributed by atoms with Gasteiger partial charge < -0.3 is 5.32 Å². The van der Waals surface area contributed by atoms with Crippen molar-refractivity contribution in [3.05, 3.63) is 58.9 Å². The van der Waals surface area contributed by atoms with Crippen LogP contribution in [0.5, 0.6) is 0 Å². The molecule has 0 aromatic heterocycles. The maximum atomic E-state index is 13.2. The lowest BCUT2D eigenvalue weighted by atomic mass is 10.1. The van der Waals surface area contributed by atoms with Crippen molar-refractivity contribution in [3.63, 3.8) is 0 Å². The topological polar surface area (TPSA) is 41.5 Å². The van der Waals surface area contributed by atoms with Gasteiger partial charge in [-0.05, 0) is 42.5 Å². The maximum absolute atomic E-state index is 13.2. The number of nitrogens with zero attached hydrogens (tertiary/aromatic N) is 1. The van der Waals surface area contributed by atoms with Crippen LogP contribution in [0.3, 0.4) is 0 Å². The predicted octanol–water partition coefficient (Wildman–Crippen LogP) is 3.55. The summed E-state index contributed by atoms with van der Waals surface area (Å²) in [4.78, 5) is 16.1. The average Bonchev–Trinajstić information content (AvgIpc) is 2.69. The summed E-state index contributed by atoms with van der Waals surface area (Å²) in [6, 6.07) is 10.9. The van der Waals surface area contributed by atoms with E-state index in [0.29, 0.717) is 22.0 Å². The molecule has 0 radical (unpaired) electrons. The van der Waals surface area contributed by atoms with Crippen molar-refractivity contribution in [2.45, 2.75) is 0 Å². The molecule has 19 heavy (non-hydrogen) atoms. The quantitative estimate of drug-likeness (QED) is 0.849. The van der Waals surface area contributed by atoms with E-state index in [-0.39, 0.29) is 11.6 Å². The molecule has 1 amide bonds. The Morgan fingerprint density at radius 2 is 1.84 bits per heavy atom. The minimum atomic E-state index is -0.404. The van der Waals surface area contributed by atoms with E-state index in [0.717, 1.165) is 0 Å². The van der Waals surface area contributed by atoms with E-state index < -0.39 is 5.82 Å². The van der Waals surface area contributed by atoms with Crippen molar-refractivity contribution in [2.75, 3.05) is 5.32 Å². The molecule has 3 nitrogen and oxygen atoms in total. The van der Waals surface area contributed by atoms with Gasteiger partial charge in [-0.15, -0.1) is 0 Å². The third kappa shape index (κ3) is 2.22. The Morgan fingerprint density at radius 3 is 2.58 bits per heavy atom. The average molecular weight is 275 g/mol. The number of benzene rings is 2. The van der Waals surface area contributed by atoms with E-state index in [2.05, 4.69) is 10.3 Å². The Bertz CT molecular complexity index is 695. The number of carbonyl (C=O) groups is 1. The first kappa shape index (κ1) is 11.9. The second-order valence-corrected chi connectivity index (χ2v) is 4.52. The Kier molecular flexibility index (Phi) is 2.80. The fourth-order valence-corrected chi connectivity index (χ4v) is 2.01. The highest BCUT2D eigenvalue weighted by Crippen LogP contribution is 2.26. The summed E-state index contributed by atoms with van der Waals surface area (Å²) in [6.07, 6.45) is 0. The highest BCUT2D eigenvalue weighted by molar-refractivity contribution is 6.54. The fourth-order valence-electron chi connectivity index (χ4n) is 1.88. The van der Waals surface area contributed by atoms with Gasteiger partial charge in [-0.2, -0.15) is 0 Å². The largest absolute Gasteiger partial charge is 0.320 e. The summed E-state index contributed by atoms with van der Waals surface area (Å²) in [5.74, 6) is -0.741. The van der Waals surface area contributed by atoms with Gasteiger partial charge in [0, 0.05) is 10.6 Å². The molecular formula is C14H8ClFN2O. The molecule has 1 N–H and O–H groups in total. The highest BCUT2D eigenvalue weighted by atomic mass is 35.5. The van der Waals surface area contributed by atoms with Crippen LogP contribution in [-0.2, 0) is 4.79 Å². The molecule has 2 aromatic rings. The van der Waals surface area contributed by atoms with Gasteiger partial charge in [-0.25, -0.2) is 9.38 Å². The molecule has 1 aliphatic heterocycles. The van der Waals surface area contributed by atoms with Crippen LogP contribution in [0.1, 0.15) is 5.56 Å². The summed E-state index contributed by atoms with van der Waals surface area (Å²) < 4.78 is 13.2. The second kappa shape index (κ2) is 4.48. The summed E-state index contributed by atoms with van der Waals surface area (Å²) in [5, 5.41) is 3.23. The number of hydrogen-bond donors (Lipinski definition) is 1. The zero-order valence-corrected chi connectivity index (χ0v) is 10.4. The Morgan fingerprint density at radius 1 is 1.11 bits per heavy atom. The van der Waals surface area contributed by atoms with Gasteiger partial charge in [0.15, 0.2) is 0 Å². The number of rotatable bonds is 1. The Balaban J connectivity index is 2.08. The lowest BCUT2D eigenvalue weighted by Gasteiger charge is -1.98. The van der Waals surface area contributed by atoms with Crippen molar-refractivity contribution >= 4 is 34.6 Å². The standard InChI is InChI=1S/C14H8ClFN2O/c15-8-1-4-10(5-2-8)17-13-11-7-9(16)3-6-12(11)18-14(13)19/h1-7H,(H,17,18,19). The molecule has 0 saturated carbocycles. The van der Waals surface area contributed by atoms with Crippen LogP contribution in [-0.4, -0.2) is 11.6 Å². The van der Waals surface area contributed by atoms with Gasteiger partial charge in [0.25, 0.3) is 5.91 Å². The van der Waals surface area contributed by atoms with E-state index in [9.17, 15) is 9.18 Å². The van der Waals surface area contributed by atoms with E-state index in [4.69, 9.17) is 11.6 Å². The van der Waals surface area contributed by atoms with Crippen LogP contribution in [0.15, 0.2) is 47.5 Å². The summed E-state index contributed by atoms with van der Waals surface area (Å²) in [5.41, 5.74) is 1.84. The van der Waals surface area contributed by atoms with E-state index in [1.807, 2.05) is 0 Å². The van der Waals surface area contributed by atoms with Crippen LogP contribution in [0.4, 0.5) is 15.8 Å². The highest BCUT2D eigenvalue weighted by Gasteiger charge is 2.26. The first-order valence-corrected chi connectivity index (χ1v) is 5.97. The van der Waals surface area contributed by atoms with Crippen molar-refractivity contribution in [1.82, 2.24) is 0 Å². The Labute approximate surface area is 113 Å². The molecule has 0 bridgehead atoms. The molecule has 1 aliphatic rings. The second-order valence-electron chi connectivity index (χ2n) is 4.08. The van der Waals surface area contributed by atoms with Gasteiger partial charge in [-0.1, -0.05) is 11.6 Å². The van der Waals surface area contributed by atoms with Crippen LogP contribution in [0, 0.1) is 5.82 Å². The van der Waals surface area contributed by atoms with Crippen LogP contribution < -0.4 is 5.32 Å². The number of hydrogen-bond acceptors (Lipinski definition) is 2. The smallest absolute Gasteiger partial charge is 0.275 e. The summed E-state index contributed by atoms with van der Waals surface area (Å²) in [6.45, 7) is 0. The number of aliphatic imine (C=N–C) groups is 1. The number of anilines is 1. The van der Waals surface area contributed by atoms with Gasteiger partial charge in [0.1, 0.15) is 11.5 Å². The lowest BCUT2D eigenvalue weighted by molar-refractivity contribution is -0.110. The molecule has 3 rings (SSSR count). The van der Waals surface area contributed by atoms with E-state index >= 15 is 0 Å². The van der Waals surface area contributed by atoms with E-state index in [1.165, 1.54) is 18.2 Å². The number of amides is 1. The minimum absolute atomic E-state index is 0.205. The molecule has 0 aliphatic carbocycles. The lowest BCUT2D eigenvalue weighted by Crippen LogP contribution is -2.13. The van der Waals surface area contributed by atoms with Crippen molar-refractivity contribution in [1.29, 1.82) is 0 Å². The van der Waals surface area contributed by atoms with E-state index in [1.54, 1.807) is 24.3 Å². The number of nitrogens with one attached hydrogen (secondary N) is 1. The number of carbonyl (C=O) groups excluding carboxylic acids is 1. The summed E-state index contributed by atoms with van der Waals surface area (Å²) in [7, 11) is 0. The zero-order chi connectivity index (χ0) is 13.4. The van der Waals surface area contributed by atoms with Gasteiger partial charge in [-0.3, -0.25) is 4.79 Å². The van der Waals surface area contributed by atoms with Crippen molar-refractivity contribution in [2.24, 2.45) is 4.99 Å². The minimum Gasteiger partial charge on any atom is -0.320 e. The maximum Gasteiger partial charge on any atom is 0.275 e. The first-order valence-electron chi connectivity index (χ1n) is 5.59. The van der Waals surface area contributed by atoms with Crippen molar-refractivity contribution < 1.29 is 9.18 Å². The molecule has 0 unspecified atom stereocenters. The normalized spacial score (nSPS) is 15.5. The molecular weight excluding hydrogens is 267 g/mol. The van der Waals surface area contributed by atoms with Gasteiger partial charge in [0.05, 0.1) is 11.4 Å². The predicted molar refractivity (Wildman–Crippen MR) is 72.7 cm³/mol. The SMILES string of the molecule is O=C1Nc2ccc(F)cc2C1=Nc1ccc(Cl)cc1. The first-order chi connectivity index (χ1) is 9.13.